The van der Waals surface area contributed by atoms with Crippen molar-refractivity contribution in [1.29, 1.82) is 0 Å². The number of amides is 1. The van der Waals surface area contributed by atoms with Gasteiger partial charge in [0.25, 0.3) is 0 Å². The summed E-state index contributed by atoms with van der Waals surface area (Å²) in [6.45, 7) is 10.3. The molecule has 1 amide bonds. The van der Waals surface area contributed by atoms with E-state index in [1.165, 1.54) is 5.56 Å². The first-order valence-corrected chi connectivity index (χ1v) is 9.24. The molecule has 6 heteroatoms. The van der Waals surface area contributed by atoms with Crippen molar-refractivity contribution < 1.29 is 9.32 Å². The van der Waals surface area contributed by atoms with Gasteiger partial charge in [0.1, 0.15) is 0 Å². The second-order valence-corrected chi connectivity index (χ2v) is 8.19. The SMILES string of the molecule is Cc1ccc(-c2noc(CN3CCCC(C(=O)NC(C)(C)C)C3)n2)cc1. The zero-order chi connectivity index (χ0) is 18.7. The molecule has 3 rings (SSSR count). The Kier molecular flexibility index (Phi) is 5.41. The van der Waals surface area contributed by atoms with Gasteiger partial charge in [-0.15, -0.1) is 0 Å². The summed E-state index contributed by atoms with van der Waals surface area (Å²) in [5, 5.41) is 7.18. The number of nitrogens with zero attached hydrogens (tertiary/aromatic N) is 3. The highest BCUT2D eigenvalue weighted by molar-refractivity contribution is 5.79. The first kappa shape index (κ1) is 18.6. The highest BCUT2D eigenvalue weighted by Gasteiger charge is 2.28. The Bertz CT molecular complexity index is 746. The van der Waals surface area contributed by atoms with Crippen molar-refractivity contribution >= 4 is 5.91 Å². The van der Waals surface area contributed by atoms with Crippen LogP contribution in [0.4, 0.5) is 0 Å². The Morgan fingerprint density at radius 2 is 2.04 bits per heavy atom. The summed E-state index contributed by atoms with van der Waals surface area (Å²) < 4.78 is 5.43. The number of aromatic nitrogens is 2. The lowest BCUT2D eigenvalue weighted by Gasteiger charge is -2.32. The molecule has 1 atom stereocenters. The van der Waals surface area contributed by atoms with E-state index in [2.05, 4.69) is 20.4 Å². The van der Waals surface area contributed by atoms with E-state index in [-0.39, 0.29) is 17.4 Å². The molecule has 1 N–H and O–H groups in total. The highest BCUT2D eigenvalue weighted by Crippen LogP contribution is 2.21. The minimum Gasteiger partial charge on any atom is -0.351 e. The third-order valence-electron chi connectivity index (χ3n) is 4.51. The number of piperidine rings is 1. The van der Waals surface area contributed by atoms with Crippen LogP contribution in [0.3, 0.4) is 0 Å². The first-order chi connectivity index (χ1) is 12.3. The molecule has 6 nitrogen and oxygen atoms in total. The maximum atomic E-state index is 12.4. The van der Waals surface area contributed by atoms with E-state index in [0.717, 1.165) is 31.5 Å². The second kappa shape index (κ2) is 7.58. The van der Waals surface area contributed by atoms with E-state index < -0.39 is 0 Å². The number of benzene rings is 1. The van der Waals surface area contributed by atoms with Crippen molar-refractivity contribution in [3.63, 3.8) is 0 Å². The number of rotatable bonds is 4. The molecule has 1 saturated heterocycles. The lowest BCUT2D eigenvalue weighted by molar-refractivity contribution is -0.128. The first-order valence-electron chi connectivity index (χ1n) is 9.24. The van der Waals surface area contributed by atoms with Crippen molar-refractivity contribution in [3.8, 4) is 11.4 Å². The molecule has 0 bridgehead atoms. The fourth-order valence-corrected chi connectivity index (χ4v) is 3.22. The highest BCUT2D eigenvalue weighted by atomic mass is 16.5. The zero-order valence-corrected chi connectivity index (χ0v) is 16.1. The normalized spacial score (nSPS) is 18.7. The Labute approximate surface area is 155 Å². The van der Waals surface area contributed by atoms with Crippen LogP contribution in [0.15, 0.2) is 28.8 Å². The zero-order valence-electron chi connectivity index (χ0n) is 16.1. The Balaban J connectivity index is 1.60. The number of likely N-dealkylation sites (tertiary alicyclic amines) is 1. The van der Waals surface area contributed by atoms with Crippen molar-refractivity contribution in [1.82, 2.24) is 20.4 Å². The number of hydrogen-bond acceptors (Lipinski definition) is 5. The van der Waals surface area contributed by atoms with Gasteiger partial charge < -0.3 is 9.84 Å². The molecule has 0 spiro atoms. The van der Waals surface area contributed by atoms with Gasteiger partial charge in [0.05, 0.1) is 12.5 Å². The predicted molar refractivity (Wildman–Crippen MR) is 100 cm³/mol. The van der Waals surface area contributed by atoms with E-state index in [1.807, 2.05) is 52.0 Å². The topological polar surface area (TPSA) is 71.3 Å². The van der Waals surface area contributed by atoms with Crippen LogP contribution in [0, 0.1) is 12.8 Å². The fourth-order valence-electron chi connectivity index (χ4n) is 3.22. The lowest BCUT2D eigenvalue weighted by atomic mass is 9.95. The van der Waals surface area contributed by atoms with Crippen LogP contribution >= 0.6 is 0 Å². The van der Waals surface area contributed by atoms with Crippen LogP contribution in [0.5, 0.6) is 0 Å². The van der Waals surface area contributed by atoms with Crippen LogP contribution in [-0.4, -0.2) is 39.6 Å². The summed E-state index contributed by atoms with van der Waals surface area (Å²) in [6, 6.07) is 8.07. The molecular formula is C20H28N4O2. The summed E-state index contributed by atoms with van der Waals surface area (Å²) in [6.07, 6.45) is 1.93. The minimum atomic E-state index is -0.200. The van der Waals surface area contributed by atoms with Crippen LogP contribution in [0.1, 0.15) is 45.1 Å². The summed E-state index contributed by atoms with van der Waals surface area (Å²) in [7, 11) is 0. The number of aryl methyl sites for hydroxylation is 1. The standard InChI is InChI=1S/C20H28N4O2/c1-14-7-9-15(10-8-14)18-21-17(26-23-18)13-24-11-5-6-16(12-24)19(25)22-20(2,3)4/h7-10,16H,5-6,11-13H2,1-4H3,(H,22,25). The van der Waals surface area contributed by atoms with Gasteiger partial charge in [0.2, 0.25) is 17.6 Å². The van der Waals surface area contributed by atoms with Crippen LogP contribution in [0.25, 0.3) is 11.4 Å². The van der Waals surface area contributed by atoms with E-state index in [1.54, 1.807) is 0 Å². The molecule has 1 aliphatic rings. The molecule has 0 saturated carbocycles. The molecule has 1 unspecified atom stereocenters. The molecule has 2 aromatic rings. The number of hydrogen-bond donors (Lipinski definition) is 1. The Morgan fingerprint density at radius 3 is 2.73 bits per heavy atom. The third-order valence-corrected chi connectivity index (χ3v) is 4.51. The maximum Gasteiger partial charge on any atom is 0.241 e. The van der Waals surface area contributed by atoms with E-state index in [9.17, 15) is 4.79 Å². The number of carbonyl (C=O) groups excluding carboxylic acids is 1. The molecule has 1 aromatic heterocycles. The van der Waals surface area contributed by atoms with E-state index in [0.29, 0.717) is 18.3 Å². The van der Waals surface area contributed by atoms with Crippen molar-refractivity contribution in [2.45, 2.75) is 52.6 Å². The second-order valence-electron chi connectivity index (χ2n) is 8.19. The third kappa shape index (κ3) is 4.91. The summed E-state index contributed by atoms with van der Waals surface area (Å²) in [5.41, 5.74) is 1.95. The minimum absolute atomic E-state index is 0.0162. The van der Waals surface area contributed by atoms with Crippen molar-refractivity contribution in [2.75, 3.05) is 13.1 Å². The summed E-state index contributed by atoms with van der Waals surface area (Å²) >= 11 is 0. The van der Waals surface area contributed by atoms with Crippen molar-refractivity contribution in [2.24, 2.45) is 5.92 Å². The average molecular weight is 356 g/mol. The van der Waals surface area contributed by atoms with Crippen LogP contribution < -0.4 is 5.32 Å². The van der Waals surface area contributed by atoms with Gasteiger partial charge >= 0.3 is 0 Å². The van der Waals surface area contributed by atoms with E-state index in [4.69, 9.17) is 4.52 Å². The molecular weight excluding hydrogens is 328 g/mol. The molecule has 2 heterocycles. The number of carbonyl (C=O) groups is 1. The largest absolute Gasteiger partial charge is 0.351 e. The van der Waals surface area contributed by atoms with Crippen LogP contribution in [0.2, 0.25) is 0 Å². The van der Waals surface area contributed by atoms with Gasteiger partial charge in [-0.05, 0) is 47.1 Å². The maximum absolute atomic E-state index is 12.4. The van der Waals surface area contributed by atoms with Gasteiger partial charge in [-0.2, -0.15) is 4.98 Å². The van der Waals surface area contributed by atoms with Crippen LogP contribution in [-0.2, 0) is 11.3 Å². The number of nitrogens with one attached hydrogen (secondary N) is 1. The van der Waals surface area contributed by atoms with Gasteiger partial charge in [-0.25, -0.2) is 0 Å². The van der Waals surface area contributed by atoms with Gasteiger partial charge in [0, 0.05) is 17.6 Å². The smallest absolute Gasteiger partial charge is 0.241 e. The monoisotopic (exact) mass is 356 g/mol. The van der Waals surface area contributed by atoms with Gasteiger partial charge in [0.15, 0.2) is 0 Å². The fraction of sp³-hybridized carbons (Fsp3) is 0.550. The molecule has 1 aromatic carbocycles. The molecule has 26 heavy (non-hydrogen) atoms. The quantitative estimate of drug-likeness (QED) is 0.911. The van der Waals surface area contributed by atoms with Gasteiger partial charge in [-0.3, -0.25) is 9.69 Å². The predicted octanol–water partition coefficient (Wildman–Crippen LogP) is 3.17. The Hall–Kier alpha value is -2.21. The Morgan fingerprint density at radius 1 is 1.31 bits per heavy atom. The van der Waals surface area contributed by atoms with E-state index >= 15 is 0 Å². The molecule has 140 valence electrons. The molecule has 0 radical (unpaired) electrons. The molecule has 1 aliphatic heterocycles. The average Bonchev–Trinajstić information content (AvgIpc) is 3.02. The molecule has 0 aliphatic carbocycles. The molecule has 1 fully saturated rings. The lowest BCUT2D eigenvalue weighted by Crippen LogP contribution is -2.48. The summed E-state index contributed by atoms with van der Waals surface area (Å²) in [5.74, 6) is 1.35. The van der Waals surface area contributed by atoms with Crippen molar-refractivity contribution in [3.05, 3.63) is 35.7 Å². The van der Waals surface area contributed by atoms with Gasteiger partial charge in [-0.1, -0.05) is 35.0 Å². The summed E-state index contributed by atoms with van der Waals surface area (Å²) in [4.78, 5) is 19.2.